The molecule has 2 aromatic carbocycles. The first-order valence-electron chi connectivity index (χ1n) is 32.6. The largest absolute Gasteiger partial charge is 0.508 e. The normalized spacial score (nSPS) is 16.7. The lowest BCUT2D eigenvalue weighted by atomic mass is 9.96. The number of carbonyl (C=O) groups is 11. The molecule has 2 aromatic rings. The zero-order chi connectivity index (χ0) is 73.4. The molecule has 544 valence electrons. The third-order valence-electron chi connectivity index (χ3n) is 13.2. The number of carbonyl (C=O) groups excluding carboxylic acids is 11. The molecule has 4 bridgehead atoms. The van der Waals surface area contributed by atoms with Crippen LogP contribution >= 0.6 is 0 Å². The Morgan fingerprint density at radius 3 is 1.55 bits per heavy atom. The number of rotatable bonds is 24. The molecule has 0 aliphatic carbocycles. The van der Waals surface area contributed by atoms with E-state index in [0.29, 0.717) is 23.1 Å². The van der Waals surface area contributed by atoms with Crippen molar-refractivity contribution in [3.8, 4) is 16.9 Å². The minimum atomic E-state index is -1.67. The molecule has 0 spiro atoms. The van der Waals surface area contributed by atoms with Gasteiger partial charge in [-0.05, 0) is 191 Å². The van der Waals surface area contributed by atoms with Crippen LogP contribution in [0.15, 0.2) is 42.5 Å². The molecule has 11 amide bonds. The summed E-state index contributed by atoms with van der Waals surface area (Å²) >= 11 is 0. The maximum Gasteiger partial charge on any atom is 0.408 e. The van der Waals surface area contributed by atoms with Gasteiger partial charge in [0.05, 0.1) is 6.10 Å². The molecule has 0 fully saturated rings. The van der Waals surface area contributed by atoms with Crippen LogP contribution in [-0.4, -0.2) is 185 Å². The molecular formula is C67H107N11O19. The van der Waals surface area contributed by atoms with Gasteiger partial charge < -0.3 is 97.1 Å². The lowest BCUT2D eigenvalue weighted by Gasteiger charge is -2.28. The minimum Gasteiger partial charge on any atom is -0.508 e. The number of nitrogens with one attached hydrogen (secondary N) is 11. The number of alkyl carbamates (subject to hydrolysis) is 6. The summed E-state index contributed by atoms with van der Waals surface area (Å²) in [6.45, 7) is 28.9. The number of hydrogen-bond acceptors (Lipinski definition) is 19. The lowest BCUT2D eigenvalue weighted by Crippen LogP contribution is -2.58. The van der Waals surface area contributed by atoms with Crippen LogP contribution in [0.3, 0.4) is 0 Å². The van der Waals surface area contributed by atoms with E-state index >= 15 is 0 Å². The van der Waals surface area contributed by atoms with Gasteiger partial charge in [-0.1, -0.05) is 30.3 Å². The maximum absolute atomic E-state index is 14.7. The van der Waals surface area contributed by atoms with Crippen molar-refractivity contribution in [3.63, 3.8) is 0 Å². The van der Waals surface area contributed by atoms with E-state index in [2.05, 4.69) is 58.5 Å². The Hall–Kier alpha value is -8.83. The molecule has 0 radical (unpaired) electrons. The zero-order valence-corrected chi connectivity index (χ0v) is 59.6. The predicted molar refractivity (Wildman–Crippen MR) is 359 cm³/mol. The molecule has 7 atom stereocenters. The van der Waals surface area contributed by atoms with Crippen molar-refractivity contribution in [2.75, 3.05) is 32.7 Å². The topological polar surface area (TPSA) is 416 Å². The van der Waals surface area contributed by atoms with Gasteiger partial charge >= 0.3 is 36.6 Å². The number of hydrogen-bond donors (Lipinski definition) is 13. The van der Waals surface area contributed by atoms with Crippen molar-refractivity contribution in [2.24, 2.45) is 0 Å². The van der Waals surface area contributed by atoms with E-state index in [9.17, 15) is 63.0 Å². The summed E-state index contributed by atoms with van der Waals surface area (Å²) in [5.74, 6) is -4.37. The second-order valence-corrected chi connectivity index (χ2v) is 29.6. The van der Waals surface area contributed by atoms with Crippen LogP contribution in [0.4, 0.5) is 28.8 Å². The molecule has 1 unspecified atom stereocenters. The molecule has 30 heteroatoms. The summed E-state index contributed by atoms with van der Waals surface area (Å²) < 4.78 is 32.5. The Morgan fingerprint density at radius 1 is 0.495 bits per heavy atom. The number of benzene rings is 2. The quantitative estimate of drug-likeness (QED) is 0.0436. The summed E-state index contributed by atoms with van der Waals surface area (Å²) in [7, 11) is 0. The van der Waals surface area contributed by atoms with Crippen molar-refractivity contribution in [2.45, 2.75) is 252 Å². The van der Waals surface area contributed by atoms with Crippen LogP contribution in [-0.2, 0) is 65.2 Å². The fourth-order valence-electron chi connectivity index (χ4n) is 9.22. The molecule has 0 saturated heterocycles. The van der Waals surface area contributed by atoms with Crippen LogP contribution in [0.2, 0.25) is 0 Å². The lowest BCUT2D eigenvalue weighted by molar-refractivity contribution is -0.133. The van der Waals surface area contributed by atoms with Crippen molar-refractivity contribution >= 4 is 66.1 Å². The first kappa shape index (κ1) is 82.4. The molecule has 3 rings (SSSR count). The first-order valence-corrected chi connectivity index (χ1v) is 32.6. The van der Waals surface area contributed by atoms with E-state index < -0.39 is 155 Å². The molecule has 1 aliphatic rings. The number of phenolic OH excluding ortho intramolecular Hbond substituents is 1. The molecule has 30 nitrogen and oxygen atoms in total. The average Bonchev–Trinajstić information content (AvgIpc) is 1.73. The van der Waals surface area contributed by atoms with Gasteiger partial charge in [-0.2, -0.15) is 0 Å². The number of amides is 11. The van der Waals surface area contributed by atoms with Gasteiger partial charge in [-0.25, -0.2) is 28.8 Å². The van der Waals surface area contributed by atoms with Gasteiger partial charge in [-0.3, -0.25) is 24.0 Å². The second-order valence-electron chi connectivity index (χ2n) is 29.6. The summed E-state index contributed by atoms with van der Waals surface area (Å²) in [5.41, 5.74) is -3.53. The number of phenols is 1. The molecule has 0 saturated carbocycles. The van der Waals surface area contributed by atoms with Gasteiger partial charge in [0.1, 0.15) is 69.6 Å². The van der Waals surface area contributed by atoms with Crippen molar-refractivity contribution in [1.29, 1.82) is 0 Å². The van der Waals surface area contributed by atoms with E-state index in [0.717, 1.165) is 0 Å². The van der Waals surface area contributed by atoms with E-state index in [-0.39, 0.29) is 76.0 Å². The molecular weight excluding hydrogens is 1260 g/mol. The third-order valence-corrected chi connectivity index (χ3v) is 13.2. The van der Waals surface area contributed by atoms with Crippen LogP contribution in [0.1, 0.15) is 174 Å². The third kappa shape index (κ3) is 35.1. The van der Waals surface area contributed by atoms with Gasteiger partial charge in [0.25, 0.3) is 0 Å². The summed E-state index contributed by atoms with van der Waals surface area (Å²) in [6.07, 6.45) is -7.44. The maximum atomic E-state index is 14.7. The van der Waals surface area contributed by atoms with Gasteiger partial charge in [0.2, 0.25) is 29.5 Å². The van der Waals surface area contributed by atoms with Gasteiger partial charge in [0.15, 0.2) is 0 Å². The molecule has 1 heterocycles. The second kappa shape index (κ2) is 36.5. The van der Waals surface area contributed by atoms with E-state index in [1.165, 1.54) is 6.07 Å². The fraction of sp³-hybridized carbons (Fsp3) is 0.657. The number of aliphatic hydroxyl groups is 1. The van der Waals surface area contributed by atoms with Crippen LogP contribution in [0.5, 0.6) is 5.75 Å². The van der Waals surface area contributed by atoms with Crippen molar-refractivity contribution < 1.29 is 91.4 Å². The smallest absolute Gasteiger partial charge is 0.408 e. The Labute approximate surface area is 569 Å². The van der Waals surface area contributed by atoms with E-state index in [1.54, 1.807) is 161 Å². The molecule has 97 heavy (non-hydrogen) atoms. The molecule has 13 N–H and O–H groups in total. The fourth-order valence-corrected chi connectivity index (χ4v) is 9.22. The van der Waals surface area contributed by atoms with Gasteiger partial charge in [-0.15, -0.1) is 0 Å². The summed E-state index contributed by atoms with van der Waals surface area (Å²) in [6, 6.07) is 3.63. The first-order chi connectivity index (χ1) is 44.6. The summed E-state index contributed by atoms with van der Waals surface area (Å²) in [4.78, 5) is 149. The monoisotopic (exact) mass is 1370 g/mol. The van der Waals surface area contributed by atoms with Crippen molar-refractivity contribution in [1.82, 2.24) is 58.5 Å². The number of aromatic hydroxyl groups is 1. The zero-order valence-electron chi connectivity index (χ0n) is 59.6. The van der Waals surface area contributed by atoms with E-state index in [4.69, 9.17) is 28.4 Å². The number of fused-ring (bicyclic) bond motifs is 5. The van der Waals surface area contributed by atoms with E-state index in [1.807, 2.05) is 0 Å². The van der Waals surface area contributed by atoms with Gasteiger partial charge in [0, 0.05) is 58.0 Å². The Bertz CT molecular complexity index is 3030. The van der Waals surface area contributed by atoms with Crippen LogP contribution < -0.4 is 58.5 Å². The Morgan fingerprint density at radius 2 is 0.979 bits per heavy atom. The van der Waals surface area contributed by atoms with Crippen LogP contribution in [0, 0.1) is 0 Å². The highest BCUT2D eigenvalue weighted by molar-refractivity contribution is 5.94. The number of ether oxygens (including phenoxy) is 6. The highest BCUT2D eigenvalue weighted by Crippen LogP contribution is 2.29. The Balaban J connectivity index is 1.95. The van der Waals surface area contributed by atoms with Crippen molar-refractivity contribution in [3.05, 3.63) is 53.6 Å². The highest BCUT2D eigenvalue weighted by Gasteiger charge is 2.35. The molecule has 0 aromatic heterocycles. The predicted octanol–water partition coefficient (Wildman–Crippen LogP) is 5.80. The minimum absolute atomic E-state index is 0.0571. The SMILES string of the molecule is CC(C)(C)OC(=O)NCCC[C@@H](CNC(=O)C(CCCNC(=O)[C@H](CCNC(=O)[C@@H]1Cc2cccc(c2)-c2ccc(O)c(c2)C[C@H](NC(=O)OC(C)(C)C)C(=O)N[C@@H](C[C@@H](O)CNC(=O)OC(C)(C)C)C(=O)N1)NC(=O)OC(C)(C)C)NC(=O)OC(C)(C)C)NC(=O)OC(C)(C)C. The standard InChI is InChI=1S/C67H107N11O19/c1-62(2,3)92-56(86)70-30-20-24-43(73-58(88)94-64(7,8)9)37-71-52(82)45(76-59(89)95-65(10,11)12)25-21-29-68-51(81)46(77-60(90)96-66(13,14)15)28-31-69-53(83)47-33-39-22-19-23-40(32-39)41-26-27-50(80)42(34-41)35-48(78-61(91)97-67(16,17)18)54(84)75-49(55(85)74-47)36-44(79)38-72-57(87)93-63(4,5)6/h19,22-23,26-27,32,34,43-49,79-80H,20-21,24-25,28-31,33,35-38H2,1-18H3,(H,68,81)(H,69,83)(H,70,86)(H,71,82)(H,72,87)(H,73,88)(H,74,85)(H,75,84)(H,76,89)(H,77,90)(H,78,91)/t43-,44+,45?,46-,47-,48-,49-/m0/s1. The highest BCUT2D eigenvalue weighted by atomic mass is 16.6. The molecule has 1 aliphatic heterocycles. The average molecular weight is 1370 g/mol. The van der Waals surface area contributed by atoms with Crippen LogP contribution in [0.25, 0.3) is 11.1 Å². The summed E-state index contributed by atoms with van der Waals surface area (Å²) in [5, 5.41) is 51.4. The number of aliphatic hydroxyl groups excluding tert-OH is 1. The Kier molecular flexibility index (Phi) is 31.0.